The first kappa shape index (κ1) is 12.2. The first-order chi connectivity index (χ1) is 8.90. The molecule has 0 radical (unpaired) electrons. The zero-order valence-corrected chi connectivity index (χ0v) is 11.5. The molecule has 1 nitrogen and oxygen atoms in total. The van der Waals surface area contributed by atoms with Crippen LogP contribution in [0.25, 0.3) is 0 Å². The molecule has 0 bridgehead atoms. The van der Waals surface area contributed by atoms with Crippen LogP contribution in [0.5, 0.6) is 0 Å². The second-order valence-corrected chi connectivity index (χ2v) is 5.97. The van der Waals surface area contributed by atoms with Gasteiger partial charge in [0.2, 0.25) is 0 Å². The number of rotatable bonds is 4. The van der Waals surface area contributed by atoms with Crippen LogP contribution in [0.3, 0.4) is 0 Å². The van der Waals surface area contributed by atoms with Crippen LogP contribution in [0.4, 0.5) is 0 Å². The van der Waals surface area contributed by atoms with Gasteiger partial charge in [0, 0.05) is 12.0 Å². The van der Waals surface area contributed by atoms with Crippen molar-refractivity contribution in [1.29, 1.82) is 0 Å². The summed E-state index contributed by atoms with van der Waals surface area (Å²) in [5.41, 5.74) is 3.23. The lowest BCUT2D eigenvalue weighted by atomic mass is 9.83. The molecule has 1 aromatic carbocycles. The molecule has 2 atom stereocenters. The minimum atomic E-state index is 0.723. The summed E-state index contributed by atoms with van der Waals surface area (Å²) in [6.45, 7) is 3.36. The Morgan fingerprint density at radius 1 is 1.17 bits per heavy atom. The number of fused-ring (bicyclic) bond motifs is 1. The Labute approximate surface area is 111 Å². The van der Waals surface area contributed by atoms with Crippen molar-refractivity contribution in [3.8, 4) is 0 Å². The Balaban J connectivity index is 1.83. The van der Waals surface area contributed by atoms with Gasteiger partial charge in [-0.15, -0.1) is 0 Å². The molecule has 0 saturated heterocycles. The zero-order valence-electron chi connectivity index (χ0n) is 11.5. The summed E-state index contributed by atoms with van der Waals surface area (Å²) in [5.74, 6) is 1.69. The van der Waals surface area contributed by atoms with Crippen LogP contribution >= 0.6 is 0 Å². The summed E-state index contributed by atoms with van der Waals surface area (Å²) in [7, 11) is 0. The highest BCUT2D eigenvalue weighted by atomic mass is 14.9. The Kier molecular flexibility index (Phi) is 3.69. The number of hydrogen-bond donors (Lipinski definition) is 1. The summed E-state index contributed by atoms with van der Waals surface area (Å²) < 4.78 is 0. The van der Waals surface area contributed by atoms with Crippen LogP contribution in [0.1, 0.15) is 56.1 Å². The largest absolute Gasteiger partial charge is 0.313 e. The SMILES string of the molecule is CCNC(C1CCCC1)C1CCc2ccccc21. The highest BCUT2D eigenvalue weighted by molar-refractivity contribution is 5.36. The average Bonchev–Trinajstić information content (AvgIpc) is 3.06. The van der Waals surface area contributed by atoms with Gasteiger partial charge in [0.1, 0.15) is 0 Å². The van der Waals surface area contributed by atoms with Gasteiger partial charge >= 0.3 is 0 Å². The molecule has 0 aliphatic heterocycles. The number of nitrogens with one attached hydrogen (secondary N) is 1. The van der Waals surface area contributed by atoms with Gasteiger partial charge in [-0.3, -0.25) is 0 Å². The van der Waals surface area contributed by atoms with Crippen molar-refractivity contribution in [2.75, 3.05) is 6.54 Å². The molecule has 98 valence electrons. The lowest BCUT2D eigenvalue weighted by molar-refractivity contribution is 0.312. The Bertz CT molecular complexity index is 392. The van der Waals surface area contributed by atoms with Crippen LogP contribution in [0, 0.1) is 5.92 Å². The quantitative estimate of drug-likeness (QED) is 0.846. The van der Waals surface area contributed by atoms with Crippen LogP contribution in [0.15, 0.2) is 24.3 Å². The molecule has 1 aromatic rings. The van der Waals surface area contributed by atoms with E-state index >= 15 is 0 Å². The monoisotopic (exact) mass is 243 g/mol. The van der Waals surface area contributed by atoms with E-state index in [-0.39, 0.29) is 0 Å². The molecule has 3 rings (SSSR count). The van der Waals surface area contributed by atoms with E-state index in [1.165, 1.54) is 38.5 Å². The first-order valence-electron chi connectivity index (χ1n) is 7.71. The Morgan fingerprint density at radius 2 is 1.94 bits per heavy atom. The molecular weight excluding hydrogens is 218 g/mol. The fourth-order valence-corrected chi connectivity index (χ4v) is 4.15. The van der Waals surface area contributed by atoms with Gasteiger partial charge in [-0.2, -0.15) is 0 Å². The van der Waals surface area contributed by atoms with E-state index in [2.05, 4.69) is 36.5 Å². The third-order valence-electron chi connectivity index (χ3n) is 4.96. The predicted octanol–water partition coefficient (Wildman–Crippen LogP) is 3.88. The molecule has 2 aliphatic rings. The molecule has 1 saturated carbocycles. The van der Waals surface area contributed by atoms with Crippen LogP contribution in [-0.2, 0) is 6.42 Å². The highest BCUT2D eigenvalue weighted by Gasteiger charge is 2.35. The van der Waals surface area contributed by atoms with E-state index in [1.54, 1.807) is 11.1 Å². The fourth-order valence-electron chi connectivity index (χ4n) is 4.15. The van der Waals surface area contributed by atoms with Gasteiger partial charge in [-0.25, -0.2) is 0 Å². The zero-order chi connectivity index (χ0) is 12.4. The van der Waals surface area contributed by atoms with Crippen molar-refractivity contribution >= 4 is 0 Å². The molecule has 0 heterocycles. The second-order valence-electron chi connectivity index (χ2n) is 5.97. The smallest absolute Gasteiger partial charge is 0.0164 e. The number of benzene rings is 1. The summed E-state index contributed by atoms with van der Waals surface area (Å²) >= 11 is 0. The molecule has 0 amide bonds. The number of likely N-dealkylation sites (N-methyl/N-ethyl adjacent to an activating group) is 1. The second kappa shape index (κ2) is 5.44. The normalized spacial score (nSPS) is 25.3. The minimum Gasteiger partial charge on any atom is -0.313 e. The van der Waals surface area contributed by atoms with Gasteiger partial charge in [0.15, 0.2) is 0 Å². The lowest BCUT2D eigenvalue weighted by Gasteiger charge is -2.30. The minimum absolute atomic E-state index is 0.723. The molecular formula is C17H25N. The van der Waals surface area contributed by atoms with Crippen molar-refractivity contribution in [3.05, 3.63) is 35.4 Å². The third kappa shape index (κ3) is 2.21. The first-order valence-corrected chi connectivity index (χ1v) is 7.71. The standard InChI is InChI=1S/C17H25N/c1-2-18-17(14-8-3-4-9-14)16-12-11-13-7-5-6-10-15(13)16/h5-7,10,14,16-18H,2-4,8-9,11-12H2,1H3. The lowest BCUT2D eigenvalue weighted by Crippen LogP contribution is -2.39. The average molecular weight is 243 g/mol. The predicted molar refractivity (Wildman–Crippen MR) is 76.9 cm³/mol. The number of aryl methyl sites for hydroxylation is 1. The van der Waals surface area contributed by atoms with E-state index in [1.807, 2.05) is 0 Å². The summed E-state index contributed by atoms with van der Waals surface area (Å²) in [5, 5.41) is 3.81. The summed E-state index contributed by atoms with van der Waals surface area (Å²) in [6.07, 6.45) is 8.41. The third-order valence-corrected chi connectivity index (χ3v) is 4.96. The highest BCUT2D eigenvalue weighted by Crippen LogP contribution is 2.41. The van der Waals surface area contributed by atoms with E-state index in [4.69, 9.17) is 0 Å². The molecule has 2 aliphatic carbocycles. The molecule has 2 unspecified atom stereocenters. The van der Waals surface area contributed by atoms with Crippen molar-refractivity contribution in [3.63, 3.8) is 0 Å². The summed E-state index contributed by atoms with van der Waals surface area (Å²) in [6, 6.07) is 9.83. The van der Waals surface area contributed by atoms with Gasteiger partial charge in [0.25, 0.3) is 0 Å². The molecule has 0 spiro atoms. The number of hydrogen-bond acceptors (Lipinski definition) is 1. The van der Waals surface area contributed by atoms with Crippen molar-refractivity contribution in [2.24, 2.45) is 5.92 Å². The van der Waals surface area contributed by atoms with E-state index in [9.17, 15) is 0 Å². The van der Waals surface area contributed by atoms with E-state index < -0.39 is 0 Å². The summed E-state index contributed by atoms with van der Waals surface area (Å²) in [4.78, 5) is 0. The topological polar surface area (TPSA) is 12.0 Å². The van der Waals surface area contributed by atoms with E-state index in [0.29, 0.717) is 0 Å². The van der Waals surface area contributed by atoms with Crippen molar-refractivity contribution in [2.45, 2.75) is 57.4 Å². The van der Waals surface area contributed by atoms with E-state index in [0.717, 1.165) is 24.4 Å². The van der Waals surface area contributed by atoms with Gasteiger partial charge in [-0.1, -0.05) is 44.0 Å². The maximum absolute atomic E-state index is 3.81. The fraction of sp³-hybridized carbons (Fsp3) is 0.647. The van der Waals surface area contributed by atoms with Crippen molar-refractivity contribution < 1.29 is 0 Å². The van der Waals surface area contributed by atoms with Crippen LogP contribution < -0.4 is 5.32 Å². The molecule has 0 aromatic heterocycles. The van der Waals surface area contributed by atoms with Gasteiger partial charge in [-0.05, 0) is 49.3 Å². The molecule has 1 heteroatoms. The molecule has 18 heavy (non-hydrogen) atoms. The maximum atomic E-state index is 3.81. The van der Waals surface area contributed by atoms with Crippen molar-refractivity contribution in [1.82, 2.24) is 5.32 Å². The van der Waals surface area contributed by atoms with Gasteiger partial charge in [0.05, 0.1) is 0 Å². The van der Waals surface area contributed by atoms with Crippen LogP contribution in [0.2, 0.25) is 0 Å². The maximum Gasteiger partial charge on any atom is 0.0164 e. The Hall–Kier alpha value is -0.820. The molecule has 1 fully saturated rings. The Morgan fingerprint density at radius 3 is 2.72 bits per heavy atom. The molecule has 1 N–H and O–H groups in total. The van der Waals surface area contributed by atoms with Gasteiger partial charge < -0.3 is 5.32 Å². The van der Waals surface area contributed by atoms with Crippen LogP contribution in [-0.4, -0.2) is 12.6 Å².